The molecule has 0 aromatic carbocycles. The van der Waals surface area contributed by atoms with Gasteiger partial charge >= 0.3 is 11.9 Å². The van der Waals surface area contributed by atoms with Crippen LogP contribution in [0.5, 0.6) is 0 Å². The zero-order valence-corrected chi connectivity index (χ0v) is 26.8. The van der Waals surface area contributed by atoms with Crippen molar-refractivity contribution in [3.8, 4) is 0 Å². The molecule has 0 amide bonds. The van der Waals surface area contributed by atoms with E-state index in [9.17, 15) is 19.5 Å². The number of carbonyl (C=O) groups is 3. The Labute approximate surface area is 267 Å². The normalized spacial score (nSPS) is 25.8. The molecule has 1 saturated carbocycles. The molecule has 2 fully saturated rings. The van der Waals surface area contributed by atoms with E-state index in [1.165, 1.54) is 14.2 Å². The Bertz CT molecular complexity index is 1880. The minimum Gasteiger partial charge on any atom is -0.515 e. The highest BCUT2D eigenvalue weighted by Gasteiger charge is 2.51. The van der Waals surface area contributed by atoms with Gasteiger partial charge in [0, 0.05) is 51.9 Å². The second-order valence-electron chi connectivity index (χ2n) is 11.9. The fourth-order valence-corrected chi connectivity index (χ4v) is 7.09. The molecule has 6 aliphatic rings. The van der Waals surface area contributed by atoms with Crippen molar-refractivity contribution in [3.05, 3.63) is 105 Å². The van der Waals surface area contributed by atoms with Crippen LogP contribution in [0.3, 0.4) is 0 Å². The number of carbonyl (C=O) groups excluding carboxylic acids is 3. The van der Waals surface area contributed by atoms with Crippen molar-refractivity contribution >= 4 is 34.9 Å². The molecule has 3 unspecified atom stereocenters. The first kappa shape index (κ1) is 30.9. The Hall–Kier alpha value is -5.12. The van der Waals surface area contributed by atoms with Crippen LogP contribution in [0.15, 0.2) is 120 Å². The number of fused-ring (bicyclic) bond motifs is 5. The minimum absolute atomic E-state index is 0.139. The zero-order valence-electron chi connectivity index (χ0n) is 26.8. The average molecular weight is 621 g/mol. The molecule has 5 heterocycles. The highest BCUT2D eigenvalue weighted by atomic mass is 16.5. The smallest absolute Gasteiger partial charge is 0.321 e. The van der Waals surface area contributed by atoms with Crippen LogP contribution in [0.4, 0.5) is 0 Å². The van der Waals surface area contributed by atoms with Gasteiger partial charge < -0.3 is 19.9 Å². The van der Waals surface area contributed by atoms with Crippen LogP contribution in [0.25, 0.3) is 0 Å². The monoisotopic (exact) mass is 620 g/mol. The Morgan fingerprint density at radius 3 is 2.46 bits per heavy atom. The number of allylic oxidation sites excluding steroid dienone is 11. The maximum atomic E-state index is 14.1. The van der Waals surface area contributed by atoms with E-state index >= 15 is 0 Å². The number of aliphatic hydroxyl groups excluding tert-OH is 1. The van der Waals surface area contributed by atoms with E-state index in [-0.39, 0.29) is 30.0 Å². The number of aliphatic hydroxyl groups is 1. The predicted molar refractivity (Wildman–Crippen MR) is 175 cm³/mol. The second-order valence-corrected chi connectivity index (χ2v) is 11.9. The summed E-state index contributed by atoms with van der Waals surface area (Å²) < 4.78 is 10.1. The Kier molecular flexibility index (Phi) is 7.83. The Morgan fingerprint density at radius 1 is 1.04 bits per heavy atom. The van der Waals surface area contributed by atoms with Crippen LogP contribution in [0.1, 0.15) is 47.0 Å². The molecule has 1 aliphatic carbocycles. The third-order valence-electron chi connectivity index (χ3n) is 9.62. The summed E-state index contributed by atoms with van der Waals surface area (Å²) >= 11 is 0. The van der Waals surface area contributed by atoms with Crippen molar-refractivity contribution in [1.29, 1.82) is 0 Å². The van der Waals surface area contributed by atoms with Crippen molar-refractivity contribution in [1.82, 2.24) is 5.32 Å². The maximum absolute atomic E-state index is 14.1. The van der Waals surface area contributed by atoms with Crippen molar-refractivity contribution in [2.24, 2.45) is 32.7 Å². The zero-order chi connectivity index (χ0) is 33.0. The molecule has 10 nitrogen and oxygen atoms in total. The minimum atomic E-state index is -1.21. The summed E-state index contributed by atoms with van der Waals surface area (Å²) in [5, 5.41) is 13.9. The summed E-state index contributed by atoms with van der Waals surface area (Å²) in [6.07, 6.45) is 9.59. The molecule has 2 N–H and O–H groups in total. The number of hydrogen-bond donors (Lipinski definition) is 2. The van der Waals surface area contributed by atoms with Gasteiger partial charge in [-0.25, -0.2) is 15.0 Å². The number of ketones is 1. The van der Waals surface area contributed by atoms with Crippen LogP contribution in [0, 0.1) is 17.8 Å². The van der Waals surface area contributed by atoms with E-state index in [0.717, 1.165) is 28.7 Å². The fourth-order valence-electron chi connectivity index (χ4n) is 7.09. The van der Waals surface area contributed by atoms with Crippen molar-refractivity contribution in [2.75, 3.05) is 14.2 Å². The van der Waals surface area contributed by atoms with Crippen LogP contribution < -0.4 is 5.32 Å². The molecule has 0 spiro atoms. The van der Waals surface area contributed by atoms with E-state index in [1.807, 2.05) is 45.9 Å². The number of Topliss-reactive ketones (excluding diaryl/α,β-unsaturated/α-hetero) is 1. The van der Waals surface area contributed by atoms with Crippen molar-refractivity contribution < 1.29 is 29.0 Å². The maximum Gasteiger partial charge on any atom is 0.321 e. The van der Waals surface area contributed by atoms with Gasteiger partial charge in [0.25, 0.3) is 0 Å². The van der Waals surface area contributed by atoms with Crippen LogP contribution >= 0.6 is 0 Å². The van der Waals surface area contributed by atoms with Gasteiger partial charge in [0.1, 0.15) is 5.92 Å². The fraction of sp³-hybridized carbons (Fsp3) is 0.333. The van der Waals surface area contributed by atoms with E-state index in [4.69, 9.17) is 24.5 Å². The van der Waals surface area contributed by atoms with Crippen LogP contribution in [-0.2, 0) is 23.9 Å². The van der Waals surface area contributed by atoms with Gasteiger partial charge in [0.2, 0.25) is 0 Å². The van der Waals surface area contributed by atoms with E-state index in [1.54, 1.807) is 6.08 Å². The van der Waals surface area contributed by atoms with Gasteiger partial charge in [0.05, 0.1) is 54.7 Å². The lowest BCUT2D eigenvalue weighted by Crippen LogP contribution is -2.26. The molecule has 10 heteroatoms. The molecule has 236 valence electrons. The average Bonchev–Trinajstić information content (AvgIpc) is 3.79. The lowest BCUT2D eigenvalue weighted by molar-refractivity contribution is -0.146. The van der Waals surface area contributed by atoms with Gasteiger partial charge in [-0.15, -0.1) is 0 Å². The first-order valence-corrected chi connectivity index (χ1v) is 15.3. The first-order chi connectivity index (χ1) is 22.1. The molecular weight excluding hydrogens is 584 g/mol. The molecule has 46 heavy (non-hydrogen) atoms. The number of methoxy groups -OCH3 is 2. The highest BCUT2D eigenvalue weighted by Crippen LogP contribution is 2.47. The van der Waals surface area contributed by atoms with E-state index in [2.05, 4.69) is 11.9 Å². The number of rotatable bonds is 6. The third-order valence-corrected chi connectivity index (χ3v) is 9.62. The van der Waals surface area contributed by atoms with Gasteiger partial charge in [-0.2, -0.15) is 0 Å². The van der Waals surface area contributed by atoms with Gasteiger partial charge in [-0.1, -0.05) is 26.5 Å². The lowest BCUT2D eigenvalue weighted by Gasteiger charge is -2.19. The van der Waals surface area contributed by atoms with E-state index in [0.29, 0.717) is 75.1 Å². The SMILES string of the molecule is C=CC1=C(C)C2=NC1=CC1=NC(=C(CC)C1=CO)C=C1N=C3C(=C1C)C(=O)C(C(=O)OC)C3=C1NC(=C2)C(C)C1CCC(=O)OC. The van der Waals surface area contributed by atoms with Crippen LogP contribution in [-0.4, -0.2) is 54.2 Å². The summed E-state index contributed by atoms with van der Waals surface area (Å²) in [7, 11) is 2.62. The quantitative estimate of drug-likeness (QED) is 0.231. The molecule has 3 atom stereocenters. The molecule has 0 radical (unpaired) electrons. The van der Waals surface area contributed by atoms with E-state index < -0.39 is 11.9 Å². The Balaban J connectivity index is 1.67. The van der Waals surface area contributed by atoms with Crippen molar-refractivity contribution in [3.63, 3.8) is 0 Å². The predicted octanol–water partition coefficient (Wildman–Crippen LogP) is 5.38. The largest absolute Gasteiger partial charge is 0.515 e. The molecule has 6 rings (SSSR count). The first-order valence-electron chi connectivity index (χ1n) is 15.3. The molecular formula is C36H36N4O6. The molecule has 0 aromatic rings. The summed E-state index contributed by atoms with van der Waals surface area (Å²) in [4.78, 5) is 54.5. The highest BCUT2D eigenvalue weighted by molar-refractivity contribution is 6.42. The second kappa shape index (κ2) is 11.7. The summed E-state index contributed by atoms with van der Waals surface area (Å²) in [5.74, 6) is -3.02. The molecule has 1 saturated heterocycles. The Morgan fingerprint density at radius 2 is 1.80 bits per heavy atom. The molecule has 8 bridgehead atoms. The summed E-state index contributed by atoms with van der Waals surface area (Å²) in [6, 6.07) is 0. The topological polar surface area (TPSA) is 139 Å². The summed E-state index contributed by atoms with van der Waals surface area (Å²) in [6.45, 7) is 11.8. The van der Waals surface area contributed by atoms with Gasteiger partial charge in [-0.3, -0.25) is 14.4 Å². The third kappa shape index (κ3) is 4.62. The number of nitrogens with zero attached hydrogens (tertiary/aromatic N) is 3. The van der Waals surface area contributed by atoms with Gasteiger partial charge in [-0.05, 0) is 61.6 Å². The number of ether oxygens (including phenoxy) is 2. The van der Waals surface area contributed by atoms with Gasteiger partial charge in [0.15, 0.2) is 5.78 Å². The lowest BCUT2D eigenvalue weighted by atomic mass is 9.85. The van der Waals surface area contributed by atoms with Crippen LogP contribution in [0.2, 0.25) is 0 Å². The number of esters is 2. The number of aliphatic imine (C=N–C) groups is 3. The molecule has 5 aliphatic heterocycles. The number of hydrogen-bond acceptors (Lipinski definition) is 10. The standard InChI is InChI=1S/C36H36N4O6/c1-8-19-16(3)23-12-24-17(4)21(10-11-29(42)45-6)33(39-24)31-32(36(44)46-7)35(43)30-18(5)25(40-34(30)31)13-27-20(9-2)22(15-41)28(38-27)14-26(19)37-23/h8,12-15,17,21,32,39,41H,1,9-11H2,2-7H3. The molecule has 0 aromatic heterocycles. The summed E-state index contributed by atoms with van der Waals surface area (Å²) in [5.41, 5.74) is 9.56. The van der Waals surface area contributed by atoms with Crippen molar-refractivity contribution in [2.45, 2.75) is 47.0 Å². The number of nitrogens with one attached hydrogen (secondary N) is 1.